The van der Waals surface area contributed by atoms with E-state index in [1.807, 2.05) is 18.2 Å². The largest absolute Gasteiger partial charge is 0.326 e. The zero-order valence-corrected chi connectivity index (χ0v) is 22.3. The van der Waals surface area contributed by atoms with Crippen molar-refractivity contribution in [3.8, 4) is 0 Å². The molecule has 0 unspecified atom stereocenters. The van der Waals surface area contributed by atoms with Gasteiger partial charge in [-0.15, -0.1) is 0 Å². The molecular formula is C27H30Cl2N2O3S. The van der Waals surface area contributed by atoms with E-state index < -0.39 is 9.84 Å². The molecule has 0 aliphatic heterocycles. The van der Waals surface area contributed by atoms with Crippen LogP contribution in [0.25, 0.3) is 0 Å². The molecule has 0 saturated heterocycles. The van der Waals surface area contributed by atoms with Gasteiger partial charge in [0.2, 0.25) is 5.91 Å². The monoisotopic (exact) mass is 532 g/mol. The predicted octanol–water partition coefficient (Wildman–Crippen LogP) is 6.38. The van der Waals surface area contributed by atoms with Crippen LogP contribution in [0.4, 0.5) is 5.69 Å². The van der Waals surface area contributed by atoms with Gasteiger partial charge in [0.1, 0.15) is 0 Å². The molecular weight excluding hydrogens is 503 g/mol. The highest BCUT2D eigenvalue weighted by Gasteiger charge is 2.15. The second kappa shape index (κ2) is 12.5. The van der Waals surface area contributed by atoms with E-state index in [1.54, 1.807) is 31.2 Å². The van der Waals surface area contributed by atoms with Crippen LogP contribution in [0.5, 0.6) is 0 Å². The number of nitrogens with zero attached hydrogens (tertiary/aromatic N) is 1. The van der Waals surface area contributed by atoms with Gasteiger partial charge in [-0.1, -0.05) is 79.5 Å². The summed E-state index contributed by atoms with van der Waals surface area (Å²) in [5.74, 6) is -0.208. The Morgan fingerprint density at radius 1 is 0.886 bits per heavy atom. The average Bonchev–Trinajstić information content (AvgIpc) is 2.82. The Morgan fingerprint density at radius 2 is 1.51 bits per heavy atom. The maximum atomic E-state index is 12.6. The van der Waals surface area contributed by atoms with Gasteiger partial charge in [-0.05, 0) is 48.4 Å². The minimum absolute atomic E-state index is 0.0345. The van der Waals surface area contributed by atoms with E-state index >= 15 is 0 Å². The quantitative estimate of drug-likeness (QED) is 0.311. The third-order valence-electron chi connectivity index (χ3n) is 5.62. The molecule has 186 valence electrons. The molecule has 0 bridgehead atoms. The molecule has 3 aromatic rings. The molecule has 1 N–H and O–H groups in total. The van der Waals surface area contributed by atoms with Crippen molar-refractivity contribution in [1.29, 1.82) is 0 Å². The van der Waals surface area contributed by atoms with Gasteiger partial charge in [0.15, 0.2) is 9.84 Å². The van der Waals surface area contributed by atoms with Crippen LogP contribution < -0.4 is 5.32 Å². The highest BCUT2D eigenvalue weighted by molar-refractivity contribution is 7.91. The smallest absolute Gasteiger partial charge is 0.228 e. The molecule has 3 rings (SSSR count). The number of hydrogen-bond acceptors (Lipinski definition) is 4. The van der Waals surface area contributed by atoms with Crippen molar-refractivity contribution in [3.05, 3.63) is 93.5 Å². The van der Waals surface area contributed by atoms with E-state index in [2.05, 4.69) is 29.3 Å². The number of halogens is 2. The van der Waals surface area contributed by atoms with E-state index in [9.17, 15) is 13.2 Å². The van der Waals surface area contributed by atoms with E-state index in [4.69, 9.17) is 23.2 Å². The first-order valence-electron chi connectivity index (χ1n) is 11.6. The molecule has 35 heavy (non-hydrogen) atoms. The van der Waals surface area contributed by atoms with Crippen LogP contribution in [0.3, 0.4) is 0 Å². The first-order valence-corrected chi connectivity index (χ1v) is 14.0. The summed E-state index contributed by atoms with van der Waals surface area (Å²) in [5, 5.41) is 3.83. The maximum Gasteiger partial charge on any atom is 0.228 e. The first kappa shape index (κ1) is 27.2. The van der Waals surface area contributed by atoms with Crippen LogP contribution in [0.15, 0.2) is 71.6 Å². The summed E-state index contributed by atoms with van der Waals surface area (Å²) in [5.41, 5.74) is 3.27. The van der Waals surface area contributed by atoms with Crippen LogP contribution in [-0.2, 0) is 34.1 Å². The van der Waals surface area contributed by atoms with Crippen molar-refractivity contribution < 1.29 is 13.2 Å². The number of benzene rings is 3. The van der Waals surface area contributed by atoms with Crippen molar-refractivity contribution in [3.63, 3.8) is 0 Å². The number of nitrogens with one attached hydrogen (secondary N) is 1. The minimum Gasteiger partial charge on any atom is -0.326 e. The molecule has 0 aromatic heterocycles. The van der Waals surface area contributed by atoms with Crippen LogP contribution in [-0.4, -0.2) is 31.5 Å². The number of sulfone groups is 1. The second-order valence-electron chi connectivity index (χ2n) is 8.39. The summed E-state index contributed by atoms with van der Waals surface area (Å²) < 4.78 is 23.9. The molecule has 0 radical (unpaired) electrons. The third kappa shape index (κ3) is 7.80. The molecule has 8 heteroatoms. The summed E-state index contributed by atoms with van der Waals surface area (Å²) in [6, 6.07) is 20.0. The molecule has 0 spiro atoms. The van der Waals surface area contributed by atoms with Crippen molar-refractivity contribution in [1.82, 2.24) is 4.90 Å². The molecule has 0 fully saturated rings. The Kier molecular flexibility index (Phi) is 9.75. The number of hydrogen-bond donors (Lipinski definition) is 1. The Morgan fingerprint density at radius 3 is 2.09 bits per heavy atom. The van der Waals surface area contributed by atoms with Crippen LogP contribution >= 0.6 is 23.2 Å². The van der Waals surface area contributed by atoms with Gasteiger partial charge in [-0.2, -0.15) is 0 Å². The van der Waals surface area contributed by atoms with Crippen molar-refractivity contribution in [2.24, 2.45) is 0 Å². The van der Waals surface area contributed by atoms with Gasteiger partial charge in [-0.3, -0.25) is 9.69 Å². The topological polar surface area (TPSA) is 66.5 Å². The number of carbonyl (C=O) groups is 1. The highest BCUT2D eigenvalue weighted by atomic mass is 35.5. The Labute approximate surface area is 218 Å². The fourth-order valence-corrected chi connectivity index (χ4v) is 5.28. The summed E-state index contributed by atoms with van der Waals surface area (Å²) >= 11 is 13.2. The van der Waals surface area contributed by atoms with Gasteiger partial charge >= 0.3 is 0 Å². The molecule has 3 aromatic carbocycles. The van der Waals surface area contributed by atoms with E-state index in [-0.39, 0.29) is 23.0 Å². The fraction of sp³-hybridized carbons (Fsp3) is 0.296. The highest BCUT2D eigenvalue weighted by Crippen LogP contribution is 2.31. The molecule has 0 heterocycles. The number of rotatable bonds is 11. The summed E-state index contributed by atoms with van der Waals surface area (Å²) in [6.45, 7) is 6.02. The van der Waals surface area contributed by atoms with Crippen LogP contribution in [0.1, 0.15) is 37.0 Å². The maximum absolute atomic E-state index is 12.6. The lowest BCUT2D eigenvalue weighted by atomic mass is 10.1. The second-order valence-corrected chi connectivity index (χ2v) is 11.5. The summed E-state index contributed by atoms with van der Waals surface area (Å²) in [7, 11) is -3.27. The number of anilines is 1. The van der Waals surface area contributed by atoms with Crippen molar-refractivity contribution in [2.75, 3.05) is 17.6 Å². The lowest BCUT2D eigenvalue weighted by Crippen LogP contribution is -2.24. The lowest BCUT2D eigenvalue weighted by Gasteiger charge is -2.23. The molecule has 0 atom stereocenters. The van der Waals surface area contributed by atoms with Crippen molar-refractivity contribution >= 4 is 44.6 Å². The Balaban J connectivity index is 1.67. The van der Waals surface area contributed by atoms with E-state index in [1.165, 1.54) is 17.7 Å². The molecule has 1 amide bonds. The number of carbonyl (C=O) groups excluding carboxylic acids is 1. The van der Waals surface area contributed by atoms with Gasteiger partial charge in [0.25, 0.3) is 0 Å². The SMILES string of the molecule is CCCN(Cc1ccccc1)Cc1c(Cl)cc(NC(=O)Cc2ccc(S(=O)(=O)CC)cc2)cc1Cl. The van der Waals surface area contributed by atoms with E-state index in [0.717, 1.165) is 25.1 Å². The standard InChI is InChI=1S/C27H30Cl2N2O3S/c1-3-14-31(18-21-8-6-5-7-9-21)19-24-25(28)16-22(17-26(24)29)30-27(32)15-20-10-12-23(13-11-20)35(33,34)4-2/h5-13,16-17H,3-4,14-15,18-19H2,1-2H3,(H,30,32). The Bertz CT molecular complexity index is 1220. The first-order chi connectivity index (χ1) is 16.7. The molecule has 0 aliphatic carbocycles. The zero-order chi connectivity index (χ0) is 25.4. The molecule has 0 saturated carbocycles. The fourth-order valence-electron chi connectivity index (χ4n) is 3.79. The normalized spacial score (nSPS) is 11.6. The predicted molar refractivity (Wildman–Crippen MR) is 144 cm³/mol. The lowest BCUT2D eigenvalue weighted by molar-refractivity contribution is -0.115. The molecule has 5 nitrogen and oxygen atoms in total. The van der Waals surface area contributed by atoms with Crippen LogP contribution in [0.2, 0.25) is 10.0 Å². The van der Waals surface area contributed by atoms with Gasteiger partial charge in [0.05, 0.1) is 17.1 Å². The summed E-state index contributed by atoms with van der Waals surface area (Å²) in [6.07, 6.45) is 1.10. The van der Waals surface area contributed by atoms with Crippen LogP contribution in [0, 0.1) is 0 Å². The summed E-state index contributed by atoms with van der Waals surface area (Å²) in [4.78, 5) is 15.1. The molecule has 0 aliphatic rings. The van der Waals surface area contributed by atoms with E-state index in [0.29, 0.717) is 27.8 Å². The minimum atomic E-state index is -3.27. The average molecular weight is 534 g/mol. The Hall–Kier alpha value is -2.38. The van der Waals surface area contributed by atoms with Gasteiger partial charge in [-0.25, -0.2) is 8.42 Å². The zero-order valence-electron chi connectivity index (χ0n) is 19.9. The third-order valence-corrected chi connectivity index (χ3v) is 8.05. The van der Waals surface area contributed by atoms with Crippen molar-refractivity contribution in [2.45, 2.75) is 44.7 Å². The van der Waals surface area contributed by atoms with Gasteiger partial charge < -0.3 is 5.32 Å². The number of amides is 1. The van der Waals surface area contributed by atoms with Gasteiger partial charge in [0, 0.05) is 34.4 Å².